The Hall–Kier alpha value is -2.40. The third-order valence-corrected chi connectivity index (χ3v) is 3.79. The van der Waals surface area contributed by atoms with E-state index in [4.69, 9.17) is 21.2 Å². The van der Waals surface area contributed by atoms with Gasteiger partial charge in [-0.3, -0.25) is 4.79 Å². The zero-order valence-corrected chi connectivity index (χ0v) is 14.7. The minimum absolute atomic E-state index is 0.0516. The highest BCUT2D eigenvalue weighted by Gasteiger charge is 2.20. The van der Waals surface area contributed by atoms with E-state index in [9.17, 15) is 9.59 Å². The summed E-state index contributed by atoms with van der Waals surface area (Å²) in [6, 6.07) is 4.64. The number of benzene rings is 1. The van der Waals surface area contributed by atoms with Crippen LogP contribution in [-0.4, -0.2) is 24.6 Å². The van der Waals surface area contributed by atoms with Gasteiger partial charge in [-0.15, -0.1) is 0 Å². The number of hydrogen-bond acceptors (Lipinski definition) is 5. The van der Waals surface area contributed by atoms with Crippen molar-refractivity contribution in [1.82, 2.24) is 0 Å². The lowest BCUT2D eigenvalue weighted by Crippen LogP contribution is -2.16. The highest BCUT2D eigenvalue weighted by Crippen LogP contribution is 2.24. The van der Waals surface area contributed by atoms with E-state index in [0.717, 1.165) is 0 Å². The van der Waals surface area contributed by atoms with Crippen LogP contribution in [0.3, 0.4) is 0 Å². The number of rotatable bonds is 4. The molecule has 0 saturated heterocycles. The predicted octanol–water partition coefficient (Wildman–Crippen LogP) is 3.97. The van der Waals surface area contributed by atoms with Crippen molar-refractivity contribution in [2.24, 2.45) is 11.1 Å². The molecular weight excluding hydrogens is 330 g/mol. The molecule has 6 heteroatoms. The first-order valence-electron chi connectivity index (χ1n) is 7.41. The summed E-state index contributed by atoms with van der Waals surface area (Å²) in [6.45, 7) is 5.57. The van der Waals surface area contributed by atoms with Crippen molar-refractivity contribution in [2.45, 2.75) is 20.8 Å². The van der Waals surface area contributed by atoms with E-state index in [1.54, 1.807) is 25.1 Å². The second kappa shape index (κ2) is 7.45. The molecule has 0 saturated carbocycles. The molecule has 0 aliphatic heterocycles. The van der Waals surface area contributed by atoms with Crippen LogP contribution >= 0.6 is 11.6 Å². The summed E-state index contributed by atoms with van der Waals surface area (Å²) in [4.78, 5) is 29.2. The third-order valence-electron chi connectivity index (χ3n) is 3.56. The summed E-state index contributed by atoms with van der Waals surface area (Å²) in [7, 11) is 1.45. The fraction of sp³-hybridized carbons (Fsp3) is 0.278. The Morgan fingerprint density at radius 2 is 1.96 bits per heavy atom. The van der Waals surface area contributed by atoms with Crippen molar-refractivity contribution in [3.8, 4) is 5.75 Å². The third kappa shape index (κ3) is 3.92. The smallest absolute Gasteiger partial charge is 0.369 e. The Bertz CT molecular complexity index is 775. The molecule has 1 aromatic rings. The van der Waals surface area contributed by atoms with E-state index in [-0.39, 0.29) is 17.3 Å². The Morgan fingerprint density at radius 3 is 2.58 bits per heavy atom. The molecule has 1 aliphatic carbocycles. The van der Waals surface area contributed by atoms with Crippen molar-refractivity contribution in [3.63, 3.8) is 0 Å². The number of ketones is 1. The van der Waals surface area contributed by atoms with Gasteiger partial charge in [-0.25, -0.2) is 4.79 Å². The van der Waals surface area contributed by atoms with Crippen LogP contribution in [0.2, 0.25) is 5.02 Å². The Morgan fingerprint density at radius 1 is 1.25 bits per heavy atom. The first-order valence-corrected chi connectivity index (χ1v) is 7.78. The first-order chi connectivity index (χ1) is 11.3. The first kappa shape index (κ1) is 17.9. The molecule has 1 aliphatic rings. The van der Waals surface area contributed by atoms with Gasteiger partial charge >= 0.3 is 5.97 Å². The summed E-state index contributed by atoms with van der Waals surface area (Å²) in [5.41, 5.74) is 1.87. The second-order valence-corrected chi connectivity index (χ2v) is 6.08. The van der Waals surface area contributed by atoms with E-state index < -0.39 is 5.97 Å². The molecule has 24 heavy (non-hydrogen) atoms. The maximum absolute atomic E-state index is 12.2. The van der Waals surface area contributed by atoms with E-state index in [1.807, 2.05) is 13.8 Å². The van der Waals surface area contributed by atoms with Crippen LogP contribution in [0, 0.1) is 5.92 Å². The van der Waals surface area contributed by atoms with Gasteiger partial charge in [0, 0.05) is 10.6 Å². The number of methoxy groups -OCH3 is 1. The maximum Gasteiger partial charge on any atom is 0.369 e. The van der Waals surface area contributed by atoms with E-state index >= 15 is 0 Å². The Kier molecular flexibility index (Phi) is 5.57. The molecule has 0 bridgehead atoms. The number of halogens is 1. The molecule has 0 heterocycles. The quantitative estimate of drug-likeness (QED) is 0.469. The van der Waals surface area contributed by atoms with Crippen LogP contribution in [0.5, 0.6) is 5.75 Å². The molecular formula is C18H18ClNO4. The standard InChI is InChI=1S/C18H18ClNO4/c1-10(2)13-9-15(11(3)7-16(13)21)20-24-18(22)14-8-12(19)5-6-17(14)23-4/h5-10H,1-4H3/b20-15+. The zero-order valence-electron chi connectivity index (χ0n) is 13.9. The van der Waals surface area contributed by atoms with Gasteiger partial charge in [-0.1, -0.05) is 30.6 Å². The van der Waals surface area contributed by atoms with Gasteiger partial charge in [0.2, 0.25) is 0 Å². The largest absolute Gasteiger partial charge is 0.496 e. The molecule has 2 rings (SSSR count). The topological polar surface area (TPSA) is 65.0 Å². The van der Waals surface area contributed by atoms with Crippen LogP contribution < -0.4 is 4.74 Å². The van der Waals surface area contributed by atoms with Crippen molar-refractivity contribution < 1.29 is 19.2 Å². The molecule has 0 fully saturated rings. The molecule has 126 valence electrons. The number of carbonyl (C=O) groups is 2. The molecule has 0 amide bonds. The summed E-state index contributed by atoms with van der Waals surface area (Å²) >= 11 is 5.90. The SMILES string of the molecule is COc1ccc(Cl)cc1C(=O)O/N=C1\C=C(C(C)C)C(=O)C=C1C. The minimum atomic E-state index is -0.689. The molecule has 0 spiro atoms. The van der Waals surface area contributed by atoms with Gasteiger partial charge in [0.15, 0.2) is 5.78 Å². The number of carbonyl (C=O) groups excluding carboxylic acids is 2. The molecule has 0 N–H and O–H groups in total. The van der Waals surface area contributed by atoms with Crippen LogP contribution in [0.25, 0.3) is 0 Å². The number of oxime groups is 1. The molecule has 0 unspecified atom stereocenters. The average molecular weight is 348 g/mol. The van der Waals surface area contributed by atoms with E-state index in [0.29, 0.717) is 27.6 Å². The highest BCUT2D eigenvalue weighted by atomic mass is 35.5. The molecule has 0 aromatic heterocycles. The maximum atomic E-state index is 12.2. The van der Waals surface area contributed by atoms with Gasteiger partial charge in [0.05, 0.1) is 7.11 Å². The van der Waals surface area contributed by atoms with Crippen molar-refractivity contribution in [1.29, 1.82) is 0 Å². The van der Waals surface area contributed by atoms with Crippen molar-refractivity contribution in [2.75, 3.05) is 7.11 Å². The van der Waals surface area contributed by atoms with Gasteiger partial charge in [-0.2, -0.15) is 0 Å². The lowest BCUT2D eigenvalue weighted by Gasteiger charge is -2.14. The Labute approximate surface area is 145 Å². The van der Waals surface area contributed by atoms with Crippen molar-refractivity contribution >= 4 is 29.1 Å². The van der Waals surface area contributed by atoms with Crippen LogP contribution in [0.15, 0.2) is 46.7 Å². The second-order valence-electron chi connectivity index (χ2n) is 5.65. The molecule has 5 nitrogen and oxygen atoms in total. The summed E-state index contributed by atoms with van der Waals surface area (Å²) in [5.74, 6) is -0.347. The normalized spacial score (nSPS) is 16.1. The fourth-order valence-corrected chi connectivity index (χ4v) is 2.39. The summed E-state index contributed by atoms with van der Waals surface area (Å²) in [5, 5.41) is 4.27. The van der Waals surface area contributed by atoms with Gasteiger partial charge in [0.25, 0.3) is 0 Å². The number of nitrogens with zero attached hydrogens (tertiary/aromatic N) is 1. The van der Waals surface area contributed by atoms with Crippen LogP contribution in [0.1, 0.15) is 31.1 Å². The van der Waals surface area contributed by atoms with Crippen LogP contribution in [-0.2, 0) is 9.63 Å². The number of hydrogen-bond donors (Lipinski definition) is 0. The average Bonchev–Trinajstić information content (AvgIpc) is 2.53. The monoisotopic (exact) mass is 347 g/mol. The van der Waals surface area contributed by atoms with Crippen LogP contribution in [0.4, 0.5) is 0 Å². The van der Waals surface area contributed by atoms with Gasteiger partial charge in [-0.05, 0) is 48.8 Å². The number of allylic oxidation sites excluding steroid dienone is 4. The molecule has 0 atom stereocenters. The number of ether oxygens (including phenoxy) is 1. The molecule has 0 radical (unpaired) electrons. The van der Waals surface area contributed by atoms with Gasteiger partial charge < -0.3 is 9.57 Å². The zero-order chi connectivity index (χ0) is 17.9. The Balaban J connectivity index is 2.27. The lowest BCUT2D eigenvalue weighted by atomic mass is 9.90. The molecule has 1 aromatic carbocycles. The predicted molar refractivity (Wildman–Crippen MR) is 92.5 cm³/mol. The lowest BCUT2D eigenvalue weighted by molar-refractivity contribution is -0.111. The summed E-state index contributed by atoms with van der Waals surface area (Å²) in [6.07, 6.45) is 3.13. The summed E-state index contributed by atoms with van der Waals surface area (Å²) < 4.78 is 5.12. The highest BCUT2D eigenvalue weighted by molar-refractivity contribution is 6.31. The van der Waals surface area contributed by atoms with Crippen molar-refractivity contribution in [3.05, 3.63) is 52.1 Å². The van der Waals surface area contributed by atoms with Gasteiger partial charge in [0.1, 0.15) is 17.0 Å². The minimum Gasteiger partial charge on any atom is -0.496 e. The fourth-order valence-electron chi connectivity index (χ4n) is 2.22. The van der Waals surface area contributed by atoms with E-state index in [2.05, 4.69) is 5.16 Å². The van der Waals surface area contributed by atoms with E-state index in [1.165, 1.54) is 19.3 Å².